The summed E-state index contributed by atoms with van der Waals surface area (Å²) in [5.74, 6) is 0.283. The van der Waals surface area contributed by atoms with Gasteiger partial charge in [-0.2, -0.15) is 0 Å². The van der Waals surface area contributed by atoms with Crippen molar-refractivity contribution in [3.05, 3.63) is 6.33 Å². The smallest absolute Gasteiger partial charge is 0.239 e. The summed E-state index contributed by atoms with van der Waals surface area (Å²) in [6, 6.07) is 0. The Labute approximate surface area is 68.8 Å². The molecule has 1 aromatic rings. The van der Waals surface area contributed by atoms with E-state index >= 15 is 0 Å². The highest BCUT2D eigenvalue weighted by atomic mass is 16.2. The van der Waals surface area contributed by atoms with Gasteiger partial charge in [-0.25, -0.2) is 9.67 Å². The molecule has 12 heavy (non-hydrogen) atoms. The zero-order chi connectivity index (χ0) is 8.55. The number of carbonyl (C=O) groups is 1. The van der Waals surface area contributed by atoms with Crippen LogP contribution in [0.1, 0.15) is 19.0 Å². The second kappa shape index (κ2) is 2.47. The maximum atomic E-state index is 10.8. The molecule has 2 heterocycles. The van der Waals surface area contributed by atoms with E-state index < -0.39 is 0 Å². The average Bonchev–Trinajstić information content (AvgIpc) is 2.58. The lowest BCUT2D eigenvalue weighted by atomic mass is 10.3. The molecule has 1 aliphatic heterocycles. The molecular weight excluding hydrogens is 158 g/mol. The Morgan fingerprint density at radius 3 is 3.08 bits per heavy atom. The van der Waals surface area contributed by atoms with Crippen LogP contribution in [0.25, 0.3) is 0 Å². The lowest BCUT2D eigenvalue weighted by Crippen LogP contribution is -2.23. The van der Waals surface area contributed by atoms with Gasteiger partial charge in [0.25, 0.3) is 0 Å². The first kappa shape index (κ1) is 7.08. The summed E-state index contributed by atoms with van der Waals surface area (Å²) in [6.07, 6.45) is 2.75. The number of nitrogen functional groups attached to an aromatic ring is 1. The fourth-order valence-corrected chi connectivity index (χ4v) is 1.23. The molecule has 6 heteroatoms. The second-order valence-electron chi connectivity index (χ2n) is 2.70. The summed E-state index contributed by atoms with van der Waals surface area (Å²) < 4.78 is 1.57. The number of carbonyl (C=O) groups excluding carboxylic acids is 1. The number of hydrogen-bond donors (Lipinski definition) is 2. The number of anilines is 1. The summed E-state index contributed by atoms with van der Waals surface area (Å²) in [6.45, 7) is 0. The van der Waals surface area contributed by atoms with Crippen LogP contribution >= 0.6 is 0 Å². The monoisotopic (exact) mass is 167 g/mol. The van der Waals surface area contributed by atoms with Gasteiger partial charge in [-0.15, -0.1) is 5.10 Å². The average molecular weight is 167 g/mol. The van der Waals surface area contributed by atoms with Crippen molar-refractivity contribution in [3.63, 3.8) is 0 Å². The van der Waals surface area contributed by atoms with Crippen molar-refractivity contribution in [2.24, 2.45) is 0 Å². The molecule has 1 aromatic heterocycles. The van der Waals surface area contributed by atoms with Crippen LogP contribution in [0.15, 0.2) is 6.33 Å². The van der Waals surface area contributed by atoms with Gasteiger partial charge < -0.3 is 11.1 Å². The maximum Gasteiger partial charge on any atom is 0.239 e. The molecule has 1 atom stereocenters. The molecule has 6 nitrogen and oxygen atoms in total. The molecule has 1 amide bonds. The Bertz CT molecular complexity index is 307. The van der Waals surface area contributed by atoms with E-state index in [0.717, 1.165) is 6.42 Å². The summed E-state index contributed by atoms with van der Waals surface area (Å²) in [7, 11) is 0. The van der Waals surface area contributed by atoms with Crippen LogP contribution in [0.2, 0.25) is 0 Å². The van der Waals surface area contributed by atoms with Crippen LogP contribution in [0, 0.1) is 0 Å². The summed E-state index contributed by atoms with van der Waals surface area (Å²) in [4.78, 5) is 14.6. The van der Waals surface area contributed by atoms with Gasteiger partial charge in [-0.3, -0.25) is 4.79 Å². The molecule has 0 aliphatic carbocycles. The van der Waals surface area contributed by atoms with Crippen molar-refractivity contribution in [1.29, 1.82) is 0 Å². The predicted octanol–water partition coefficient (Wildman–Crippen LogP) is -0.731. The van der Waals surface area contributed by atoms with Crippen LogP contribution < -0.4 is 11.1 Å². The zero-order valence-electron chi connectivity index (χ0n) is 6.40. The number of amides is 1. The fraction of sp³-hybridized carbons (Fsp3) is 0.500. The minimum absolute atomic E-state index is 0.0501. The quantitative estimate of drug-likeness (QED) is 0.577. The number of nitrogens with zero attached hydrogens (tertiary/aromatic N) is 3. The van der Waals surface area contributed by atoms with Crippen LogP contribution in [0.5, 0.6) is 0 Å². The third kappa shape index (κ3) is 1.11. The van der Waals surface area contributed by atoms with Gasteiger partial charge in [-0.05, 0) is 6.42 Å². The molecule has 64 valence electrons. The SMILES string of the molecule is Nc1ncn(C2CCC(=O)N2)n1. The molecule has 0 saturated carbocycles. The topological polar surface area (TPSA) is 85.8 Å². The highest BCUT2D eigenvalue weighted by molar-refractivity contribution is 5.77. The molecule has 0 spiro atoms. The van der Waals surface area contributed by atoms with Crippen LogP contribution in [0.3, 0.4) is 0 Å². The number of nitrogens with one attached hydrogen (secondary N) is 1. The van der Waals surface area contributed by atoms with Gasteiger partial charge in [0.1, 0.15) is 12.5 Å². The highest BCUT2D eigenvalue weighted by Crippen LogP contribution is 2.15. The van der Waals surface area contributed by atoms with E-state index in [4.69, 9.17) is 5.73 Å². The Morgan fingerprint density at radius 2 is 2.58 bits per heavy atom. The Hall–Kier alpha value is -1.59. The predicted molar refractivity (Wildman–Crippen MR) is 40.8 cm³/mol. The molecule has 1 aliphatic rings. The van der Waals surface area contributed by atoms with Gasteiger partial charge in [0.05, 0.1) is 0 Å². The standard InChI is InChI=1S/C6H9N5O/c7-6-8-3-11(10-6)4-1-2-5(12)9-4/h3-4H,1-2H2,(H2,7,10)(H,9,12). The van der Waals surface area contributed by atoms with E-state index in [0.29, 0.717) is 6.42 Å². The Kier molecular flexibility index (Phi) is 1.46. The summed E-state index contributed by atoms with van der Waals surface area (Å²) in [5, 5.41) is 6.65. The minimum atomic E-state index is -0.0673. The molecule has 0 aromatic carbocycles. The molecule has 0 radical (unpaired) electrons. The first-order valence-electron chi connectivity index (χ1n) is 3.72. The molecular formula is C6H9N5O. The number of nitrogens with two attached hydrogens (primary N) is 1. The lowest BCUT2D eigenvalue weighted by molar-refractivity contribution is -0.119. The van der Waals surface area contributed by atoms with E-state index in [9.17, 15) is 4.79 Å². The van der Waals surface area contributed by atoms with E-state index in [2.05, 4.69) is 15.4 Å². The van der Waals surface area contributed by atoms with Gasteiger partial charge in [-0.1, -0.05) is 0 Å². The maximum absolute atomic E-state index is 10.8. The highest BCUT2D eigenvalue weighted by Gasteiger charge is 2.22. The van der Waals surface area contributed by atoms with Crippen LogP contribution in [-0.2, 0) is 4.79 Å². The molecule has 3 N–H and O–H groups in total. The van der Waals surface area contributed by atoms with Crippen LogP contribution in [-0.4, -0.2) is 20.7 Å². The third-order valence-corrected chi connectivity index (χ3v) is 1.82. The summed E-state index contributed by atoms with van der Waals surface area (Å²) >= 11 is 0. The second-order valence-corrected chi connectivity index (χ2v) is 2.70. The van der Waals surface area contributed by atoms with Gasteiger partial charge >= 0.3 is 0 Å². The minimum Gasteiger partial charge on any atom is -0.367 e. The van der Waals surface area contributed by atoms with Crippen molar-refractivity contribution in [3.8, 4) is 0 Å². The first-order valence-corrected chi connectivity index (χ1v) is 3.72. The first-order chi connectivity index (χ1) is 5.75. The number of aromatic nitrogens is 3. The largest absolute Gasteiger partial charge is 0.367 e. The lowest BCUT2D eigenvalue weighted by Gasteiger charge is -2.07. The van der Waals surface area contributed by atoms with E-state index in [1.807, 2.05) is 0 Å². The Balaban J connectivity index is 2.15. The number of rotatable bonds is 1. The van der Waals surface area contributed by atoms with E-state index in [1.54, 1.807) is 4.68 Å². The zero-order valence-corrected chi connectivity index (χ0v) is 6.40. The molecule has 1 fully saturated rings. The van der Waals surface area contributed by atoms with Gasteiger partial charge in [0.2, 0.25) is 11.9 Å². The van der Waals surface area contributed by atoms with Crippen molar-refractivity contribution in [1.82, 2.24) is 20.1 Å². The molecule has 0 bridgehead atoms. The molecule has 1 saturated heterocycles. The third-order valence-electron chi connectivity index (χ3n) is 1.82. The fourth-order valence-electron chi connectivity index (χ4n) is 1.23. The van der Waals surface area contributed by atoms with Gasteiger partial charge in [0.15, 0.2) is 0 Å². The Morgan fingerprint density at radius 1 is 1.75 bits per heavy atom. The van der Waals surface area contributed by atoms with Gasteiger partial charge in [0, 0.05) is 6.42 Å². The summed E-state index contributed by atoms with van der Waals surface area (Å²) in [5.41, 5.74) is 5.33. The normalized spacial score (nSPS) is 22.7. The van der Waals surface area contributed by atoms with Crippen molar-refractivity contribution in [2.75, 3.05) is 5.73 Å². The van der Waals surface area contributed by atoms with Crippen molar-refractivity contribution in [2.45, 2.75) is 19.0 Å². The number of hydrogen-bond acceptors (Lipinski definition) is 4. The van der Waals surface area contributed by atoms with Crippen molar-refractivity contribution >= 4 is 11.9 Å². The van der Waals surface area contributed by atoms with Crippen molar-refractivity contribution < 1.29 is 4.79 Å². The molecule has 1 unspecified atom stereocenters. The molecule has 2 rings (SSSR count). The van der Waals surface area contributed by atoms with E-state index in [-0.39, 0.29) is 18.0 Å². The van der Waals surface area contributed by atoms with E-state index in [1.165, 1.54) is 6.33 Å². The van der Waals surface area contributed by atoms with Crippen LogP contribution in [0.4, 0.5) is 5.95 Å².